The Morgan fingerprint density at radius 2 is 0.755 bits per heavy atom. The minimum atomic E-state index is -2.97. The Bertz CT molecular complexity index is 3080. The largest absolute Gasteiger partial charge is 0.278 e. The van der Waals surface area contributed by atoms with E-state index in [1.807, 2.05) is 0 Å². The van der Waals surface area contributed by atoms with Gasteiger partial charge in [0.2, 0.25) is 5.78 Å². The SMILES string of the molecule is c1ccc2c(c1)-c1ccccc1[Si]1(c3ccccc3-2)c2ccccc2-c2ccc(-n3c4ccccc4n4c5ccccc5nc34)cc2-c2ccccc21. The molecule has 2 aliphatic heterocycles. The maximum absolute atomic E-state index is 5.22. The minimum absolute atomic E-state index is 0.921. The number of hydrogen-bond acceptors (Lipinski definition) is 1. The van der Waals surface area contributed by atoms with Gasteiger partial charge in [-0.25, -0.2) is 4.98 Å². The Morgan fingerprint density at radius 3 is 1.32 bits per heavy atom. The molecule has 0 aliphatic carbocycles. The van der Waals surface area contributed by atoms with Crippen LogP contribution in [0, 0.1) is 0 Å². The van der Waals surface area contributed by atoms with E-state index in [1.54, 1.807) is 0 Å². The number of aromatic nitrogens is 3. The summed E-state index contributed by atoms with van der Waals surface area (Å²) in [6, 6.07) is 70.3. The topological polar surface area (TPSA) is 22.2 Å². The molecule has 2 aromatic heterocycles. The van der Waals surface area contributed by atoms with Gasteiger partial charge in [0.05, 0.1) is 22.1 Å². The molecule has 0 N–H and O–H groups in total. The van der Waals surface area contributed by atoms with E-state index in [4.69, 9.17) is 4.98 Å². The fraction of sp³-hybridized carbons (Fsp3) is 0. The third-order valence-corrected chi connectivity index (χ3v) is 16.8. The van der Waals surface area contributed by atoms with Crippen molar-refractivity contribution in [3.63, 3.8) is 0 Å². The quantitative estimate of drug-likeness (QED) is 0.158. The fourth-order valence-corrected chi connectivity index (χ4v) is 15.4. The van der Waals surface area contributed by atoms with Crippen LogP contribution in [-0.4, -0.2) is 22.0 Å². The number of nitrogens with zero attached hydrogens (tertiary/aromatic N) is 3. The van der Waals surface area contributed by atoms with Crippen LogP contribution in [0.3, 0.4) is 0 Å². The first-order valence-electron chi connectivity index (χ1n) is 18.3. The zero-order valence-corrected chi connectivity index (χ0v) is 29.7. The minimum Gasteiger partial charge on any atom is -0.278 e. The highest BCUT2D eigenvalue weighted by Gasteiger charge is 2.49. The van der Waals surface area contributed by atoms with Crippen molar-refractivity contribution >= 4 is 56.7 Å². The highest BCUT2D eigenvalue weighted by Crippen LogP contribution is 2.42. The van der Waals surface area contributed by atoms with Gasteiger partial charge in [-0.15, -0.1) is 0 Å². The number of benzene rings is 8. The van der Waals surface area contributed by atoms with Crippen molar-refractivity contribution in [2.24, 2.45) is 0 Å². The van der Waals surface area contributed by atoms with E-state index in [2.05, 4.69) is 197 Å². The van der Waals surface area contributed by atoms with Crippen LogP contribution in [0.1, 0.15) is 0 Å². The average Bonchev–Trinajstić information content (AvgIpc) is 3.70. The summed E-state index contributed by atoms with van der Waals surface area (Å²) in [5.74, 6) is 0.921. The van der Waals surface area contributed by atoms with Gasteiger partial charge in [0.1, 0.15) is 0 Å². The van der Waals surface area contributed by atoms with Gasteiger partial charge in [-0.2, -0.15) is 0 Å². The van der Waals surface area contributed by atoms with Crippen molar-refractivity contribution < 1.29 is 0 Å². The molecule has 2 aliphatic rings. The number of fused-ring (bicyclic) bond motifs is 19. The second kappa shape index (κ2) is 10.6. The number of imidazole rings is 2. The molecule has 0 bridgehead atoms. The molecular formula is C49H31N3Si. The molecule has 0 saturated carbocycles. The van der Waals surface area contributed by atoms with Gasteiger partial charge in [0.25, 0.3) is 0 Å². The first kappa shape index (κ1) is 28.9. The predicted molar refractivity (Wildman–Crippen MR) is 222 cm³/mol. The summed E-state index contributed by atoms with van der Waals surface area (Å²) in [6.45, 7) is 0. The molecule has 4 heterocycles. The lowest BCUT2D eigenvalue weighted by atomic mass is 9.94. The van der Waals surface area contributed by atoms with Crippen LogP contribution in [0.2, 0.25) is 0 Å². The zero-order valence-electron chi connectivity index (χ0n) is 28.7. The Balaban J connectivity index is 1.23. The highest BCUT2D eigenvalue weighted by atomic mass is 28.3. The molecule has 10 aromatic rings. The van der Waals surface area contributed by atoms with Crippen molar-refractivity contribution in [1.82, 2.24) is 14.0 Å². The van der Waals surface area contributed by atoms with Crippen molar-refractivity contribution in [2.75, 3.05) is 0 Å². The molecule has 12 rings (SSSR count). The van der Waals surface area contributed by atoms with E-state index in [-0.39, 0.29) is 0 Å². The summed E-state index contributed by atoms with van der Waals surface area (Å²) in [4.78, 5) is 5.22. The molecule has 0 atom stereocenters. The van der Waals surface area contributed by atoms with Crippen molar-refractivity contribution in [3.05, 3.63) is 188 Å². The summed E-state index contributed by atoms with van der Waals surface area (Å²) >= 11 is 0. The lowest BCUT2D eigenvalue weighted by Gasteiger charge is -2.37. The Kier molecular flexibility index (Phi) is 5.80. The van der Waals surface area contributed by atoms with E-state index in [0.29, 0.717) is 0 Å². The van der Waals surface area contributed by atoms with Gasteiger partial charge in [-0.1, -0.05) is 152 Å². The third kappa shape index (κ3) is 3.70. The standard InChI is InChI=1S/C49H31N3Si/c1-2-16-34-33(15-1)36-17-3-11-25-45(36)53(46-26-12-4-18-37(34)46)47-27-13-5-19-38(47)35-30-29-32(31-40(35)39-20-6-14-28-48(39)53)51-43-23-9-10-24-44(43)52-42-22-8-7-21-41(42)50-49(51)52/h1-31H. The van der Waals surface area contributed by atoms with Gasteiger partial charge in [-0.3, -0.25) is 8.97 Å². The van der Waals surface area contributed by atoms with Crippen LogP contribution in [0.4, 0.5) is 0 Å². The summed E-state index contributed by atoms with van der Waals surface area (Å²) < 4.78 is 4.65. The molecular weight excluding hydrogens is 659 g/mol. The fourth-order valence-electron chi connectivity index (χ4n) is 9.74. The number of rotatable bonds is 1. The van der Waals surface area contributed by atoms with E-state index in [0.717, 1.165) is 33.5 Å². The molecule has 53 heavy (non-hydrogen) atoms. The van der Waals surface area contributed by atoms with Crippen molar-refractivity contribution in [3.8, 4) is 50.2 Å². The van der Waals surface area contributed by atoms with Crippen molar-refractivity contribution in [1.29, 1.82) is 0 Å². The lowest BCUT2D eigenvalue weighted by Crippen LogP contribution is -2.75. The smallest absolute Gasteiger partial charge is 0.220 e. The second-order valence-electron chi connectivity index (χ2n) is 14.3. The Morgan fingerprint density at radius 1 is 0.340 bits per heavy atom. The van der Waals surface area contributed by atoms with Crippen LogP contribution in [0.5, 0.6) is 0 Å². The van der Waals surface area contributed by atoms with Gasteiger partial charge >= 0.3 is 0 Å². The van der Waals surface area contributed by atoms with Gasteiger partial charge in [0.15, 0.2) is 8.07 Å². The predicted octanol–water partition coefficient (Wildman–Crippen LogP) is 9.10. The van der Waals surface area contributed by atoms with E-state index in [1.165, 1.54) is 65.3 Å². The molecule has 8 aromatic carbocycles. The van der Waals surface area contributed by atoms with Crippen LogP contribution >= 0.6 is 0 Å². The average molecular weight is 690 g/mol. The Hall–Kier alpha value is -6.75. The molecule has 246 valence electrons. The zero-order chi connectivity index (χ0) is 34.7. The molecule has 0 fully saturated rings. The van der Waals surface area contributed by atoms with Crippen LogP contribution < -0.4 is 20.7 Å². The van der Waals surface area contributed by atoms with Crippen LogP contribution in [-0.2, 0) is 0 Å². The number of hydrogen-bond donors (Lipinski definition) is 0. The normalized spacial score (nSPS) is 13.4. The molecule has 0 unspecified atom stereocenters. The molecule has 4 heteroatoms. The van der Waals surface area contributed by atoms with Gasteiger partial charge < -0.3 is 0 Å². The summed E-state index contributed by atoms with van der Waals surface area (Å²) in [6.07, 6.45) is 0. The maximum Gasteiger partial charge on any atom is 0.220 e. The molecule has 3 nitrogen and oxygen atoms in total. The third-order valence-electron chi connectivity index (χ3n) is 11.8. The van der Waals surface area contributed by atoms with Crippen molar-refractivity contribution in [2.45, 2.75) is 0 Å². The van der Waals surface area contributed by atoms with Crippen LogP contribution in [0.15, 0.2) is 188 Å². The molecule has 0 radical (unpaired) electrons. The summed E-state index contributed by atoms with van der Waals surface area (Å²) in [5, 5.41) is 5.73. The monoisotopic (exact) mass is 689 g/mol. The van der Waals surface area contributed by atoms with Gasteiger partial charge in [0, 0.05) is 5.69 Å². The molecule has 0 saturated heterocycles. The lowest BCUT2D eigenvalue weighted by molar-refractivity contribution is 1.11. The second-order valence-corrected chi connectivity index (χ2v) is 17.9. The maximum atomic E-state index is 5.22. The van der Waals surface area contributed by atoms with Gasteiger partial charge in [-0.05, 0) is 102 Å². The first-order valence-corrected chi connectivity index (χ1v) is 20.3. The molecule has 0 amide bonds. The Labute approximate surface area is 307 Å². The van der Waals surface area contributed by atoms with E-state index >= 15 is 0 Å². The summed E-state index contributed by atoms with van der Waals surface area (Å²) in [5.41, 5.74) is 15.9. The summed E-state index contributed by atoms with van der Waals surface area (Å²) in [7, 11) is -2.97. The number of para-hydroxylation sites is 4. The highest BCUT2D eigenvalue weighted by molar-refractivity contribution is 7.22. The van der Waals surface area contributed by atoms with Crippen LogP contribution in [0.25, 0.3) is 78.0 Å². The van der Waals surface area contributed by atoms with E-state index in [9.17, 15) is 0 Å². The van der Waals surface area contributed by atoms with E-state index < -0.39 is 8.07 Å². The molecule has 1 spiro atoms. The first-order chi connectivity index (χ1) is 26.3.